The van der Waals surface area contributed by atoms with E-state index in [-0.39, 0.29) is 19.1 Å². The number of aliphatic hydroxyl groups is 1. The van der Waals surface area contributed by atoms with Gasteiger partial charge in [0.15, 0.2) is 0 Å². The first-order valence-corrected chi connectivity index (χ1v) is 28.2. The fourth-order valence-electron chi connectivity index (χ4n) is 7.94. The van der Waals surface area contributed by atoms with Crippen molar-refractivity contribution in [2.24, 2.45) is 0 Å². The monoisotopic (exact) mass is 897 g/mol. The molecule has 0 radical (unpaired) electrons. The summed E-state index contributed by atoms with van der Waals surface area (Å²) in [6.45, 7) is 4.66. The molecule has 0 aliphatic heterocycles. The predicted molar refractivity (Wildman–Crippen MR) is 265 cm³/mol. The van der Waals surface area contributed by atoms with Gasteiger partial charge >= 0.3 is 0 Å². The number of nitrogens with zero attached hydrogens (tertiary/aromatic N) is 1. The highest BCUT2D eigenvalue weighted by molar-refractivity contribution is 7.45. The summed E-state index contributed by atoms with van der Waals surface area (Å²) < 4.78 is 23.3. The van der Waals surface area contributed by atoms with Crippen molar-refractivity contribution in [1.82, 2.24) is 5.32 Å². The number of aliphatic hydroxyl groups excluding tert-OH is 1. The number of carbonyl (C=O) groups excluding carboxylic acids is 1. The van der Waals surface area contributed by atoms with E-state index in [1.54, 1.807) is 6.08 Å². The lowest BCUT2D eigenvalue weighted by Crippen LogP contribution is -2.45. The number of allylic oxidation sites excluding steroid dienone is 3. The van der Waals surface area contributed by atoms with Crippen LogP contribution in [0.25, 0.3) is 0 Å². The van der Waals surface area contributed by atoms with Crippen molar-refractivity contribution >= 4 is 13.7 Å². The van der Waals surface area contributed by atoms with Gasteiger partial charge in [-0.25, -0.2) is 0 Å². The van der Waals surface area contributed by atoms with Crippen molar-refractivity contribution in [3.8, 4) is 0 Å². The highest BCUT2D eigenvalue weighted by Gasteiger charge is 2.23. The number of phosphoric acid groups is 1. The maximum atomic E-state index is 12.9. The molecular weight excluding hydrogens is 792 g/mol. The molecule has 8 nitrogen and oxygen atoms in total. The molecule has 0 spiro atoms. The van der Waals surface area contributed by atoms with Crippen molar-refractivity contribution in [1.29, 1.82) is 0 Å². The van der Waals surface area contributed by atoms with Gasteiger partial charge in [0.1, 0.15) is 13.2 Å². The summed E-state index contributed by atoms with van der Waals surface area (Å²) in [5.74, 6) is -0.202. The van der Waals surface area contributed by atoms with E-state index in [1.807, 2.05) is 27.2 Å². The van der Waals surface area contributed by atoms with Gasteiger partial charge in [0.25, 0.3) is 7.82 Å². The summed E-state index contributed by atoms with van der Waals surface area (Å²) in [6.07, 6.45) is 55.3. The topological polar surface area (TPSA) is 108 Å². The third-order valence-corrected chi connectivity index (χ3v) is 13.1. The molecule has 0 bridgehead atoms. The molecule has 0 saturated heterocycles. The summed E-state index contributed by atoms with van der Waals surface area (Å²) in [6, 6.07) is -0.899. The Bertz CT molecular complexity index is 1060. The van der Waals surface area contributed by atoms with E-state index in [9.17, 15) is 19.4 Å². The van der Waals surface area contributed by atoms with E-state index in [0.29, 0.717) is 17.4 Å². The fraction of sp³-hybridized carbons (Fsp3) is 0.906. The van der Waals surface area contributed by atoms with E-state index in [2.05, 4.69) is 31.3 Å². The third-order valence-electron chi connectivity index (χ3n) is 12.2. The number of nitrogens with one attached hydrogen (secondary N) is 1. The molecule has 0 rings (SSSR count). The molecule has 0 aliphatic rings. The van der Waals surface area contributed by atoms with Gasteiger partial charge in [-0.1, -0.05) is 244 Å². The number of quaternary nitrogens is 1. The van der Waals surface area contributed by atoms with Crippen LogP contribution in [0, 0.1) is 0 Å². The first kappa shape index (κ1) is 61.0. The Labute approximate surface area is 385 Å². The van der Waals surface area contributed by atoms with Crippen LogP contribution in [0.2, 0.25) is 0 Å². The first-order valence-electron chi connectivity index (χ1n) is 26.7. The van der Waals surface area contributed by atoms with Crippen molar-refractivity contribution in [2.45, 2.75) is 270 Å². The number of unbranched alkanes of at least 4 members (excludes halogenated alkanes) is 34. The first-order chi connectivity index (χ1) is 30.0. The highest BCUT2D eigenvalue weighted by Crippen LogP contribution is 2.38. The Balaban J connectivity index is 4.31. The van der Waals surface area contributed by atoms with Gasteiger partial charge in [0, 0.05) is 6.42 Å². The molecule has 0 fully saturated rings. The zero-order valence-corrected chi connectivity index (χ0v) is 42.7. The quantitative estimate of drug-likeness (QED) is 0.0273. The van der Waals surface area contributed by atoms with Crippen LogP contribution in [0.5, 0.6) is 0 Å². The molecular formula is C53H105N2O6P. The second kappa shape index (κ2) is 45.1. The molecule has 0 aromatic rings. The van der Waals surface area contributed by atoms with E-state index in [1.165, 1.54) is 199 Å². The maximum absolute atomic E-state index is 12.9. The van der Waals surface area contributed by atoms with Gasteiger partial charge in [-0.3, -0.25) is 9.36 Å². The number of hydrogen-bond donors (Lipinski definition) is 2. The molecule has 3 atom stereocenters. The van der Waals surface area contributed by atoms with Crippen molar-refractivity contribution < 1.29 is 32.9 Å². The van der Waals surface area contributed by atoms with E-state index < -0.39 is 20.0 Å². The van der Waals surface area contributed by atoms with Crippen LogP contribution in [0.15, 0.2) is 24.3 Å². The summed E-state index contributed by atoms with van der Waals surface area (Å²) >= 11 is 0. The minimum atomic E-state index is -4.60. The zero-order valence-electron chi connectivity index (χ0n) is 41.8. The molecule has 62 heavy (non-hydrogen) atoms. The second-order valence-electron chi connectivity index (χ2n) is 19.6. The van der Waals surface area contributed by atoms with Gasteiger partial charge in [-0.2, -0.15) is 0 Å². The minimum Gasteiger partial charge on any atom is -0.756 e. The molecule has 9 heteroatoms. The van der Waals surface area contributed by atoms with Gasteiger partial charge in [-0.05, 0) is 32.1 Å². The van der Waals surface area contributed by atoms with Crippen LogP contribution in [0.1, 0.15) is 258 Å². The molecule has 368 valence electrons. The normalized spacial score (nSPS) is 14.2. The Kier molecular flexibility index (Phi) is 44.4. The van der Waals surface area contributed by atoms with E-state index in [0.717, 1.165) is 38.5 Å². The molecule has 0 aromatic carbocycles. The smallest absolute Gasteiger partial charge is 0.268 e. The molecule has 2 N–H and O–H groups in total. The van der Waals surface area contributed by atoms with Crippen LogP contribution in [0.3, 0.4) is 0 Å². The van der Waals surface area contributed by atoms with Crippen LogP contribution in [-0.2, 0) is 18.4 Å². The third kappa shape index (κ3) is 47.0. The second-order valence-corrected chi connectivity index (χ2v) is 21.0. The van der Waals surface area contributed by atoms with E-state index in [4.69, 9.17) is 9.05 Å². The Hall–Kier alpha value is -1.02. The minimum absolute atomic E-state index is 0.00385. The lowest BCUT2D eigenvalue weighted by molar-refractivity contribution is -0.870. The molecule has 0 heterocycles. The zero-order chi connectivity index (χ0) is 45.7. The number of carbonyl (C=O) groups is 1. The highest BCUT2D eigenvalue weighted by atomic mass is 31.2. The average Bonchev–Trinajstić information content (AvgIpc) is 3.23. The SMILES string of the molecule is CCCCCCCCCCCCCCCCC/C=C/CC/C=C/C(O)C(COP(=O)([O-])OCC[N+](C)(C)C)NC(=O)CCCCCCCCCCCCCCCCCCCCC. The Morgan fingerprint density at radius 3 is 1.31 bits per heavy atom. The van der Waals surface area contributed by atoms with Crippen LogP contribution in [0.4, 0.5) is 0 Å². The maximum Gasteiger partial charge on any atom is 0.268 e. The average molecular weight is 897 g/mol. The van der Waals surface area contributed by atoms with Crippen LogP contribution >= 0.6 is 7.82 Å². The number of rotatable bonds is 49. The molecule has 0 aliphatic carbocycles. The van der Waals surface area contributed by atoms with Gasteiger partial charge in [0.2, 0.25) is 5.91 Å². The molecule has 1 amide bonds. The number of phosphoric ester groups is 1. The standard InChI is InChI=1S/C53H105N2O6P/c1-6-8-10-12-14-16-18-20-22-24-26-27-29-30-32-34-36-38-40-42-44-46-52(56)51(50-61-62(58,59)60-49-48-55(3,4)5)54-53(57)47-45-43-41-39-37-35-33-31-28-25-23-21-19-17-15-13-11-9-7-2/h36,38,44,46,51-52,56H,6-35,37,39-43,45,47-50H2,1-5H3,(H-,54,57,58,59)/b38-36+,46-44+. The summed E-state index contributed by atoms with van der Waals surface area (Å²) in [5.41, 5.74) is 0. The summed E-state index contributed by atoms with van der Waals surface area (Å²) in [4.78, 5) is 25.4. The summed E-state index contributed by atoms with van der Waals surface area (Å²) in [5, 5.41) is 13.8. The summed E-state index contributed by atoms with van der Waals surface area (Å²) in [7, 11) is 1.26. The van der Waals surface area contributed by atoms with Gasteiger partial charge < -0.3 is 28.8 Å². The number of amides is 1. The van der Waals surface area contributed by atoms with Crippen molar-refractivity contribution in [3.63, 3.8) is 0 Å². The van der Waals surface area contributed by atoms with Crippen molar-refractivity contribution in [2.75, 3.05) is 40.9 Å². The molecule has 0 saturated carbocycles. The van der Waals surface area contributed by atoms with Gasteiger partial charge in [-0.15, -0.1) is 0 Å². The number of hydrogen-bond acceptors (Lipinski definition) is 6. The lowest BCUT2D eigenvalue weighted by atomic mass is 10.0. The predicted octanol–water partition coefficient (Wildman–Crippen LogP) is 15.0. The largest absolute Gasteiger partial charge is 0.756 e. The fourth-order valence-corrected chi connectivity index (χ4v) is 8.66. The van der Waals surface area contributed by atoms with Crippen molar-refractivity contribution in [3.05, 3.63) is 24.3 Å². The molecule has 3 unspecified atom stereocenters. The number of likely N-dealkylation sites (N-methyl/N-ethyl adjacent to an activating group) is 1. The Morgan fingerprint density at radius 2 is 0.903 bits per heavy atom. The van der Waals surface area contributed by atoms with Crippen LogP contribution < -0.4 is 10.2 Å². The lowest BCUT2D eigenvalue weighted by Gasteiger charge is -2.29. The van der Waals surface area contributed by atoms with E-state index >= 15 is 0 Å². The molecule has 0 aromatic heterocycles. The Morgan fingerprint density at radius 1 is 0.548 bits per heavy atom. The van der Waals surface area contributed by atoms with Crippen LogP contribution in [-0.4, -0.2) is 68.5 Å². The van der Waals surface area contributed by atoms with Gasteiger partial charge in [0.05, 0.1) is 39.9 Å².